The van der Waals surface area contributed by atoms with E-state index in [0.717, 1.165) is 16.8 Å². The first-order valence-electron chi connectivity index (χ1n) is 12.1. The van der Waals surface area contributed by atoms with Crippen LogP contribution in [0.5, 0.6) is 0 Å². The minimum Gasteiger partial charge on any atom is -0.348 e. The molecule has 0 unspecified atom stereocenters. The molecule has 2 aromatic carbocycles. The van der Waals surface area contributed by atoms with Crippen LogP contribution in [0.4, 0.5) is 5.69 Å². The summed E-state index contributed by atoms with van der Waals surface area (Å²) in [4.78, 5) is 53.9. The van der Waals surface area contributed by atoms with Crippen molar-refractivity contribution in [1.29, 1.82) is 0 Å². The number of carbonyl (C=O) groups excluding carboxylic acids is 4. The number of nitrogens with zero attached hydrogens (tertiary/aromatic N) is 3. The van der Waals surface area contributed by atoms with E-state index in [9.17, 15) is 19.2 Å². The molecule has 0 spiro atoms. The average Bonchev–Trinajstić information content (AvgIpc) is 3.55. The molecule has 0 aliphatic carbocycles. The second-order valence-electron chi connectivity index (χ2n) is 9.19. The largest absolute Gasteiger partial charge is 0.348 e. The SMILES string of the molecule is C[C@H](NC(=O)c1ccccc1)C(=O)N[C@H]1CCc2cccc3c2N(C1=O)[C@H](C(=O)NCc1cn[nH]n1)C3. The molecule has 0 bridgehead atoms. The Balaban J connectivity index is 1.30. The summed E-state index contributed by atoms with van der Waals surface area (Å²) in [6, 6.07) is 11.9. The highest BCUT2D eigenvalue weighted by Crippen LogP contribution is 2.39. The maximum absolute atomic E-state index is 13.7. The third kappa shape index (κ3) is 4.92. The maximum atomic E-state index is 13.7. The molecule has 11 nitrogen and oxygen atoms in total. The van der Waals surface area contributed by atoms with E-state index in [2.05, 4.69) is 31.4 Å². The molecule has 190 valence electrons. The van der Waals surface area contributed by atoms with E-state index in [1.807, 2.05) is 18.2 Å². The number of amides is 4. The van der Waals surface area contributed by atoms with Gasteiger partial charge in [-0.3, -0.25) is 24.1 Å². The van der Waals surface area contributed by atoms with Gasteiger partial charge in [0, 0.05) is 12.0 Å². The molecule has 4 N–H and O–H groups in total. The lowest BCUT2D eigenvalue weighted by Crippen LogP contribution is -2.56. The van der Waals surface area contributed by atoms with Crippen LogP contribution in [0.3, 0.4) is 0 Å². The standard InChI is InChI=1S/C26H27N7O4/c1-15(29-24(35)17-6-3-2-4-7-17)23(34)30-20-11-10-16-8-5-9-18-12-21(33(22(16)18)26(20)37)25(36)27-13-19-14-28-32-31-19/h2-9,14-15,20-21H,10-13H2,1H3,(H,27,36)(H,29,35)(H,30,34)(H,28,31,32)/t15-,20-,21-/m0/s1. The second-order valence-corrected chi connectivity index (χ2v) is 9.19. The van der Waals surface area contributed by atoms with E-state index in [1.165, 1.54) is 11.1 Å². The van der Waals surface area contributed by atoms with Gasteiger partial charge in [0.1, 0.15) is 23.8 Å². The monoisotopic (exact) mass is 501 g/mol. The lowest BCUT2D eigenvalue weighted by Gasteiger charge is -2.28. The Labute approximate surface area is 213 Å². The third-order valence-electron chi connectivity index (χ3n) is 6.71. The molecule has 0 radical (unpaired) electrons. The Kier molecular flexibility index (Phi) is 6.67. The van der Waals surface area contributed by atoms with Crippen LogP contribution in [-0.2, 0) is 33.8 Å². The van der Waals surface area contributed by atoms with Crippen LogP contribution in [0.2, 0.25) is 0 Å². The topological polar surface area (TPSA) is 149 Å². The molecule has 4 amide bonds. The smallest absolute Gasteiger partial charge is 0.251 e. The third-order valence-corrected chi connectivity index (χ3v) is 6.71. The Morgan fingerprint density at radius 1 is 1.11 bits per heavy atom. The van der Waals surface area contributed by atoms with Gasteiger partial charge in [0.2, 0.25) is 17.7 Å². The summed E-state index contributed by atoms with van der Waals surface area (Å²) in [7, 11) is 0. The number of aryl methyl sites for hydroxylation is 1. The second kappa shape index (κ2) is 10.2. The zero-order valence-electron chi connectivity index (χ0n) is 20.2. The van der Waals surface area contributed by atoms with Gasteiger partial charge in [-0.25, -0.2) is 0 Å². The molecule has 3 heterocycles. The van der Waals surface area contributed by atoms with Crippen LogP contribution in [0.25, 0.3) is 0 Å². The van der Waals surface area contributed by atoms with Gasteiger partial charge in [-0.05, 0) is 43.0 Å². The van der Waals surface area contributed by atoms with E-state index in [4.69, 9.17) is 0 Å². The number of rotatable bonds is 7. The number of nitrogens with one attached hydrogen (secondary N) is 4. The van der Waals surface area contributed by atoms with E-state index in [0.29, 0.717) is 30.5 Å². The summed E-state index contributed by atoms with van der Waals surface area (Å²) >= 11 is 0. The van der Waals surface area contributed by atoms with Crippen molar-refractivity contribution in [3.05, 3.63) is 77.1 Å². The summed E-state index contributed by atoms with van der Waals surface area (Å²) in [6.45, 7) is 1.75. The van der Waals surface area contributed by atoms with Crippen molar-refractivity contribution in [3.63, 3.8) is 0 Å². The lowest BCUT2D eigenvalue weighted by atomic mass is 10.0. The fourth-order valence-electron chi connectivity index (χ4n) is 4.81. The van der Waals surface area contributed by atoms with Crippen molar-refractivity contribution < 1.29 is 19.2 Å². The van der Waals surface area contributed by atoms with Gasteiger partial charge in [0.15, 0.2) is 0 Å². The molecule has 5 rings (SSSR count). The highest BCUT2D eigenvalue weighted by atomic mass is 16.2. The number of H-pyrrole nitrogens is 1. The highest BCUT2D eigenvalue weighted by Gasteiger charge is 2.44. The van der Waals surface area contributed by atoms with Gasteiger partial charge in [0.05, 0.1) is 18.4 Å². The molecule has 1 aromatic heterocycles. The molecule has 2 aliphatic heterocycles. The molecular formula is C26H27N7O4. The number of hydrogen-bond acceptors (Lipinski definition) is 6. The molecule has 0 saturated heterocycles. The number of anilines is 1. The number of aromatic amines is 1. The van der Waals surface area contributed by atoms with Gasteiger partial charge in [-0.2, -0.15) is 15.4 Å². The molecule has 3 aromatic rings. The molecule has 3 atom stereocenters. The Morgan fingerprint density at radius 3 is 2.65 bits per heavy atom. The number of benzene rings is 2. The van der Waals surface area contributed by atoms with Crippen molar-refractivity contribution >= 4 is 29.3 Å². The van der Waals surface area contributed by atoms with Crippen LogP contribution >= 0.6 is 0 Å². The van der Waals surface area contributed by atoms with E-state index >= 15 is 0 Å². The fourth-order valence-corrected chi connectivity index (χ4v) is 4.81. The predicted octanol–water partition coefficient (Wildman–Crippen LogP) is 0.628. The number of para-hydroxylation sites is 1. The summed E-state index contributed by atoms with van der Waals surface area (Å²) < 4.78 is 0. The number of carbonyl (C=O) groups is 4. The number of hydrogen-bond donors (Lipinski definition) is 4. The molecule has 0 saturated carbocycles. The van der Waals surface area contributed by atoms with Crippen molar-refractivity contribution in [2.24, 2.45) is 0 Å². The minimum absolute atomic E-state index is 0.176. The average molecular weight is 502 g/mol. The summed E-state index contributed by atoms with van der Waals surface area (Å²) in [5.41, 5.74) is 3.63. The molecule has 0 fully saturated rings. The summed E-state index contributed by atoms with van der Waals surface area (Å²) in [5.74, 6) is -1.51. The minimum atomic E-state index is -0.859. The fraction of sp³-hybridized carbons (Fsp3) is 0.308. The molecular weight excluding hydrogens is 474 g/mol. The molecule has 11 heteroatoms. The van der Waals surface area contributed by atoms with Crippen LogP contribution in [0.15, 0.2) is 54.7 Å². The van der Waals surface area contributed by atoms with Gasteiger partial charge < -0.3 is 16.0 Å². The van der Waals surface area contributed by atoms with Gasteiger partial charge in [0.25, 0.3) is 5.91 Å². The lowest BCUT2D eigenvalue weighted by molar-refractivity contribution is -0.130. The van der Waals surface area contributed by atoms with Crippen LogP contribution in [-0.4, -0.2) is 57.2 Å². The van der Waals surface area contributed by atoms with Crippen molar-refractivity contribution in [2.75, 3.05) is 4.90 Å². The summed E-state index contributed by atoms with van der Waals surface area (Å²) in [5, 5.41) is 18.5. The van der Waals surface area contributed by atoms with Crippen molar-refractivity contribution in [3.8, 4) is 0 Å². The zero-order chi connectivity index (χ0) is 25.9. The van der Waals surface area contributed by atoms with Gasteiger partial charge in [-0.1, -0.05) is 36.4 Å². The summed E-state index contributed by atoms with van der Waals surface area (Å²) in [6.07, 6.45) is 2.84. The van der Waals surface area contributed by atoms with Crippen molar-refractivity contribution in [1.82, 2.24) is 31.4 Å². The molecule has 2 aliphatic rings. The highest BCUT2D eigenvalue weighted by molar-refractivity contribution is 6.08. The van der Waals surface area contributed by atoms with Gasteiger partial charge in [-0.15, -0.1) is 0 Å². The maximum Gasteiger partial charge on any atom is 0.251 e. The van der Waals surface area contributed by atoms with Crippen LogP contribution in [0, 0.1) is 0 Å². The Morgan fingerprint density at radius 2 is 1.89 bits per heavy atom. The van der Waals surface area contributed by atoms with E-state index in [-0.39, 0.29) is 24.3 Å². The first-order chi connectivity index (χ1) is 17.9. The normalized spacial score (nSPS) is 18.9. The first-order valence-corrected chi connectivity index (χ1v) is 12.1. The predicted molar refractivity (Wildman–Crippen MR) is 133 cm³/mol. The van der Waals surface area contributed by atoms with Crippen LogP contribution < -0.4 is 20.9 Å². The Bertz CT molecular complexity index is 1330. The number of aromatic nitrogens is 3. The molecule has 37 heavy (non-hydrogen) atoms. The quantitative estimate of drug-likeness (QED) is 0.373. The zero-order valence-corrected chi connectivity index (χ0v) is 20.2. The van der Waals surface area contributed by atoms with Crippen molar-refractivity contribution in [2.45, 2.75) is 50.9 Å². The van der Waals surface area contributed by atoms with Gasteiger partial charge >= 0.3 is 0 Å². The van der Waals surface area contributed by atoms with Crippen LogP contribution in [0.1, 0.15) is 40.5 Å². The van der Waals surface area contributed by atoms with E-state index in [1.54, 1.807) is 37.3 Å². The Hall–Kier alpha value is -4.54. The van der Waals surface area contributed by atoms with E-state index < -0.39 is 24.0 Å². The first kappa shape index (κ1) is 24.2.